The minimum absolute atomic E-state index is 0.231. The second-order valence-corrected chi connectivity index (χ2v) is 6.76. The maximum absolute atomic E-state index is 11.3. The molecule has 5 heteroatoms. The molecule has 0 aliphatic carbocycles. The van der Waals surface area contributed by atoms with Crippen LogP contribution in [0.25, 0.3) is 0 Å². The van der Waals surface area contributed by atoms with Gasteiger partial charge in [0, 0.05) is 24.2 Å². The second-order valence-electron chi connectivity index (χ2n) is 3.91. The third kappa shape index (κ3) is 7.14. The lowest BCUT2D eigenvalue weighted by molar-refractivity contribution is 0.235. The second kappa shape index (κ2) is 7.47. The number of hydrogen-bond donors (Lipinski definition) is 0. The lowest BCUT2D eigenvalue weighted by Gasteiger charge is -2.25. The summed E-state index contributed by atoms with van der Waals surface area (Å²) < 4.78 is 22.7. The van der Waals surface area contributed by atoms with E-state index in [9.17, 15) is 8.42 Å². The summed E-state index contributed by atoms with van der Waals surface area (Å²) in [7, 11) is -2.85. The highest BCUT2D eigenvalue weighted by molar-refractivity contribution is 7.91. The van der Waals surface area contributed by atoms with E-state index in [1.165, 1.54) is 0 Å². The summed E-state index contributed by atoms with van der Waals surface area (Å²) in [6.45, 7) is 7.33. The van der Waals surface area contributed by atoms with Gasteiger partial charge in [-0.15, -0.1) is 11.6 Å². The molecular weight excluding hydrogens is 234 g/mol. The predicted molar refractivity (Wildman–Crippen MR) is 66.4 cm³/mol. The number of nitrogens with zero attached hydrogens (tertiary/aromatic N) is 1. The molecule has 0 unspecified atom stereocenters. The molecule has 0 aromatic rings. The molecule has 0 fully saturated rings. The third-order valence-corrected chi connectivity index (χ3v) is 4.39. The largest absolute Gasteiger partial charge is 0.300 e. The molecule has 0 N–H and O–H groups in total. The van der Waals surface area contributed by atoms with Gasteiger partial charge in [-0.2, -0.15) is 0 Å². The maximum atomic E-state index is 11.3. The summed E-state index contributed by atoms with van der Waals surface area (Å²) in [6, 6.07) is 0.375. The Balaban J connectivity index is 4.07. The Morgan fingerprint density at radius 3 is 2.27 bits per heavy atom. The van der Waals surface area contributed by atoms with Gasteiger partial charge in [0.05, 0.1) is 5.75 Å². The van der Waals surface area contributed by atoms with Crippen molar-refractivity contribution in [3.63, 3.8) is 0 Å². The first-order chi connectivity index (χ1) is 6.93. The van der Waals surface area contributed by atoms with Crippen LogP contribution in [0.4, 0.5) is 0 Å². The summed E-state index contributed by atoms with van der Waals surface area (Å²) in [5.41, 5.74) is 0. The lowest BCUT2D eigenvalue weighted by Crippen LogP contribution is -2.36. The molecule has 0 aromatic carbocycles. The van der Waals surface area contributed by atoms with Gasteiger partial charge in [-0.3, -0.25) is 4.90 Å². The van der Waals surface area contributed by atoms with Crippen molar-refractivity contribution in [1.29, 1.82) is 0 Å². The first kappa shape index (κ1) is 15.2. The van der Waals surface area contributed by atoms with Crippen molar-refractivity contribution in [2.75, 3.05) is 30.5 Å². The van der Waals surface area contributed by atoms with Crippen molar-refractivity contribution in [3.05, 3.63) is 0 Å². The van der Waals surface area contributed by atoms with Gasteiger partial charge in [0.2, 0.25) is 0 Å². The van der Waals surface area contributed by atoms with E-state index in [4.69, 9.17) is 11.6 Å². The van der Waals surface area contributed by atoms with Crippen molar-refractivity contribution < 1.29 is 8.42 Å². The Bertz CT molecular complexity index is 252. The van der Waals surface area contributed by atoms with E-state index < -0.39 is 9.84 Å². The number of rotatable bonds is 8. The van der Waals surface area contributed by atoms with Crippen LogP contribution in [0, 0.1) is 0 Å². The molecule has 0 rings (SSSR count). The highest BCUT2D eigenvalue weighted by atomic mass is 35.5. The molecule has 92 valence electrons. The third-order valence-electron chi connectivity index (χ3n) is 2.44. The zero-order valence-corrected chi connectivity index (χ0v) is 11.4. The monoisotopic (exact) mass is 255 g/mol. The minimum Gasteiger partial charge on any atom is -0.300 e. The number of alkyl halides is 1. The van der Waals surface area contributed by atoms with E-state index in [0.29, 0.717) is 18.5 Å². The van der Waals surface area contributed by atoms with Crippen molar-refractivity contribution in [2.45, 2.75) is 33.2 Å². The molecule has 0 spiro atoms. The van der Waals surface area contributed by atoms with Gasteiger partial charge in [-0.1, -0.05) is 6.92 Å². The van der Waals surface area contributed by atoms with E-state index in [1.807, 2.05) is 0 Å². The van der Waals surface area contributed by atoms with Crippen molar-refractivity contribution in [2.24, 2.45) is 0 Å². The SMILES string of the molecule is CCS(=O)(=O)CCN(CCCCl)C(C)C. The van der Waals surface area contributed by atoms with Crippen LogP contribution in [0.3, 0.4) is 0 Å². The minimum atomic E-state index is -2.85. The average molecular weight is 256 g/mol. The van der Waals surface area contributed by atoms with Crippen LogP contribution in [-0.4, -0.2) is 49.8 Å². The molecule has 0 aliphatic rings. The highest BCUT2D eigenvalue weighted by Crippen LogP contribution is 2.02. The van der Waals surface area contributed by atoms with Crippen molar-refractivity contribution in [3.8, 4) is 0 Å². The van der Waals surface area contributed by atoms with E-state index >= 15 is 0 Å². The summed E-state index contributed by atoms with van der Waals surface area (Å²) >= 11 is 5.62. The maximum Gasteiger partial charge on any atom is 0.151 e. The normalized spacial score (nSPS) is 12.7. The summed E-state index contributed by atoms with van der Waals surface area (Å²) in [5.74, 6) is 1.11. The zero-order valence-electron chi connectivity index (χ0n) is 9.87. The van der Waals surface area contributed by atoms with Crippen molar-refractivity contribution >= 4 is 21.4 Å². The molecule has 0 amide bonds. The van der Waals surface area contributed by atoms with Gasteiger partial charge in [-0.25, -0.2) is 8.42 Å². The molecular formula is C10H22ClNO2S. The fraction of sp³-hybridized carbons (Fsp3) is 1.00. The van der Waals surface area contributed by atoms with E-state index in [1.54, 1.807) is 6.92 Å². The molecule has 0 bridgehead atoms. The predicted octanol–water partition coefficient (Wildman–Crippen LogP) is 1.76. The van der Waals surface area contributed by atoms with Gasteiger partial charge in [-0.05, 0) is 26.8 Å². The van der Waals surface area contributed by atoms with Crippen molar-refractivity contribution in [1.82, 2.24) is 4.90 Å². The van der Waals surface area contributed by atoms with Gasteiger partial charge in [0.25, 0.3) is 0 Å². The van der Waals surface area contributed by atoms with Gasteiger partial charge in [0.1, 0.15) is 0 Å². The first-order valence-electron chi connectivity index (χ1n) is 5.43. The van der Waals surface area contributed by atoms with Crippen LogP contribution in [0.2, 0.25) is 0 Å². The molecule has 0 radical (unpaired) electrons. The highest BCUT2D eigenvalue weighted by Gasteiger charge is 2.13. The zero-order chi connectivity index (χ0) is 11.9. The van der Waals surface area contributed by atoms with Gasteiger partial charge >= 0.3 is 0 Å². The van der Waals surface area contributed by atoms with E-state index in [-0.39, 0.29) is 11.5 Å². The summed E-state index contributed by atoms with van der Waals surface area (Å²) in [4.78, 5) is 2.16. The lowest BCUT2D eigenvalue weighted by atomic mass is 10.3. The number of sulfone groups is 1. The van der Waals surface area contributed by atoms with E-state index in [0.717, 1.165) is 13.0 Å². The molecule has 15 heavy (non-hydrogen) atoms. The Kier molecular flexibility index (Phi) is 7.57. The van der Waals surface area contributed by atoms with Crippen LogP contribution in [0.5, 0.6) is 0 Å². The Morgan fingerprint density at radius 2 is 1.87 bits per heavy atom. The van der Waals surface area contributed by atoms with Crippen LogP contribution in [0.15, 0.2) is 0 Å². The molecule has 0 heterocycles. The fourth-order valence-corrected chi connectivity index (χ4v) is 2.21. The standard InChI is InChI=1S/C10H22ClNO2S/c1-4-15(13,14)9-8-12(10(2)3)7-5-6-11/h10H,4-9H2,1-3H3. The van der Waals surface area contributed by atoms with Crippen LogP contribution in [0.1, 0.15) is 27.2 Å². The molecule has 0 saturated carbocycles. The molecule has 0 aliphatic heterocycles. The first-order valence-corrected chi connectivity index (χ1v) is 7.79. The van der Waals surface area contributed by atoms with Crippen LogP contribution in [-0.2, 0) is 9.84 Å². The topological polar surface area (TPSA) is 37.4 Å². The molecule has 0 atom stereocenters. The van der Waals surface area contributed by atoms with Gasteiger partial charge < -0.3 is 0 Å². The molecule has 0 aromatic heterocycles. The Hall–Kier alpha value is 0.200. The van der Waals surface area contributed by atoms with Crippen LogP contribution >= 0.6 is 11.6 Å². The van der Waals surface area contributed by atoms with Crippen LogP contribution < -0.4 is 0 Å². The average Bonchev–Trinajstić information content (AvgIpc) is 2.17. The summed E-state index contributed by atoms with van der Waals surface area (Å²) in [5, 5.41) is 0. The summed E-state index contributed by atoms with van der Waals surface area (Å²) in [6.07, 6.45) is 0.909. The smallest absolute Gasteiger partial charge is 0.151 e. The Morgan fingerprint density at radius 1 is 1.27 bits per heavy atom. The Labute approximate surface area is 98.7 Å². The van der Waals surface area contributed by atoms with E-state index in [2.05, 4.69) is 18.7 Å². The number of halogens is 1. The molecule has 3 nitrogen and oxygen atoms in total. The van der Waals surface area contributed by atoms with Gasteiger partial charge in [0.15, 0.2) is 9.84 Å². The fourth-order valence-electron chi connectivity index (χ4n) is 1.29. The number of hydrogen-bond acceptors (Lipinski definition) is 3. The quantitative estimate of drug-likeness (QED) is 0.621. The molecule has 0 saturated heterocycles.